The number of hydrogen-bond donors (Lipinski definition) is 0. The van der Waals surface area contributed by atoms with Gasteiger partial charge in [0.05, 0.1) is 28.7 Å². The molecule has 0 saturated heterocycles. The van der Waals surface area contributed by atoms with Crippen LogP contribution in [0.4, 0.5) is 0 Å². The largest absolute Gasteiger partial charge is 0.361 e. The number of para-hydroxylation sites is 1. The minimum Gasteiger partial charge on any atom is -0.361 e. The Balaban J connectivity index is 1.40. The number of hydrogen-bond acceptors (Lipinski definition) is 6. The van der Waals surface area contributed by atoms with Crippen molar-refractivity contribution in [3.8, 4) is 0 Å². The first-order chi connectivity index (χ1) is 10.8. The van der Waals surface area contributed by atoms with E-state index in [9.17, 15) is 4.79 Å². The van der Waals surface area contributed by atoms with Gasteiger partial charge in [0.15, 0.2) is 4.34 Å². The third-order valence-corrected chi connectivity index (χ3v) is 5.81. The van der Waals surface area contributed by atoms with Crippen molar-refractivity contribution in [3.05, 3.63) is 41.8 Å². The summed E-state index contributed by atoms with van der Waals surface area (Å²) in [6.07, 6.45) is 2.45. The van der Waals surface area contributed by atoms with Gasteiger partial charge >= 0.3 is 0 Å². The van der Waals surface area contributed by atoms with E-state index in [0.717, 1.165) is 32.3 Å². The molecule has 4 rings (SSSR count). The van der Waals surface area contributed by atoms with Crippen LogP contribution in [0.2, 0.25) is 0 Å². The van der Waals surface area contributed by atoms with Crippen LogP contribution >= 0.6 is 23.1 Å². The Morgan fingerprint density at radius 2 is 2.32 bits per heavy atom. The van der Waals surface area contributed by atoms with Crippen molar-refractivity contribution in [3.63, 3.8) is 0 Å². The van der Waals surface area contributed by atoms with E-state index >= 15 is 0 Å². The summed E-state index contributed by atoms with van der Waals surface area (Å²) in [5.41, 5.74) is 2.01. The Bertz CT molecular complexity index is 794. The highest BCUT2D eigenvalue weighted by molar-refractivity contribution is 8.01. The molecular weight excluding hydrogens is 318 g/mol. The number of aromatic nitrogens is 2. The number of carbonyl (C=O) groups excluding carboxylic acids is 1. The topological polar surface area (TPSA) is 59.2 Å². The Morgan fingerprint density at radius 3 is 3.23 bits per heavy atom. The lowest BCUT2D eigenvalue weighted by Crippen LogP contribution is -2.36. The van der Waals surface area contributed by atoms with Crippen LogP contribution in [-0.4, -0.2) is 33.2 Å². The zero-order valence-corrected chi connectivity index (χ0v) is 13.3. The molecule has 1 amide bonds. The lowest BCUT2D eigenvalue weighted by atomic mass is 10.1. The Hall–Kier alpha value is -1.86. The second-order valence-corrected chi connectivity index (χ2v) is 7.33. The van der Waals surface area contributed by atoms with E-state index in [1.165, 1.54) is 11.8 Å². The number of carbonyl (C=O) groups is 1. The molecule has 0 radical (unpaired) electrons. The van der Waals surface area contributed by atoms with Crippen molar-refractivity contribution < 1.29 is 9.32 Å². The van der Waals surface area contributed by atoms with E-state index in [2.05, 4.69) is 16.2 Å². The summed E-state index contributed by atoms with van der Waals surface area (Å²) in [5, 5.41) is 3.79. The van der Waals surface area contributed by atoms with Crippen molar-refractivity contribution in [2.75, 3.05) is 12.3 Å². The van der Waals surface area contributed by atoms with Crippen LogP contribution in [0.5, 0.6) is 0 Å². The lowest BCUT2D eigenvalue weighted by Gasteiger charge is -2.25. The standard InChI is InChI=1S/C15H13N3O2S2/c19-14(18-6-5-12-10(8-18)7-16-20-12)9-21-15-17-11-3-1-2-4-13(11)22-15/h1-4,7H,5-6,8-9H2. The highest BCUT2D eigenvalue weighted by Crippen LogP contribution is 2.29. The summed E-state index contributed by atoms with van der Waals surface area (Å²) < 4.78 is 7.24. The molecule has 2 aromatic heterocycles. The average molecular weight is 331 g/mol. The summed E-state index contributed by atoms with van der Waals surface area (Å²) in [6, 6.07) is 8.03. The molecule has 1 aromatic carbocycles. The lowest BCUT2D eigenvalue weighted by molar-refractivity contribution is -0.129. The quantitative estimate of drug-likeness (QED) is 0.691. The van der Waals surface area contributed by atoms with Crippen molar-refractivity contribution in [2.24, 2.45) is 0 Å². The van der Waals surface area contributed by atoms with Crippen LogP contribution in [0.25, 0.3) is 10.2 Å². The first-order valence-corrected chi connectivity index (χ1v) is 8.78. The fourth-order valence-corrected chi connectivity index (χ4v) is 4.45. The van der Waals surface area contributed by atoms with E-state index in [4.69, 9.17) is 4.52 Å². The van der Waals surface area contributed by atoms with Crippen molar-refractivity contribution in [1.82, 2.24) is 15.0 Å². The molecule has 0 N–H and O–H groups in total. The fraction of sp³-hybridized carbons (Fsp3) is 0.267. The van der Waals surface area contributed by atoms with Gasteiger partial charge in [-0.1, -0.05) is 29.1 Å². The summed E-state index contributed by atoms with van der Waals surface area (Å²) in [7, 11) is 0. The molecule has 0 spiro atoms. The summed E-state index contributed by atoms with van der Waals surface area (Å²) in [6.45, 7) is 1.29. The second kappa shape index (κ2) is 5.73. The third kappa shape index (κ3) is 2.62. The number of thiazole rings is 1. The molecule has 7 heteroatoms. The first kappa shape index (κ1) is 13.8. The number of benzene rings is 1. The average Bonchev–Trinajstić information content (AvgIpc) is 3.17. The number of rotatable bonds is 3. The number of amides is 1. The molecule has 22 heavy (non-hydrogen) atoms. The van der Waals surface area contributed by atoms with Gasteiger partial charge in [-0.15, -0.1) is 11.3 Å². The molecule has 0 unspecified atom stereocenters. The van der Waals surface area contributed by atoms with Crippen LogP contribution in [0.1, 0.15) is 11.3 Å². The Morgan fingerprint density at radius 1 is 1.41 bits per heavy atom. The smallest absolute Gasteiger partial charge is 0.233 e. The molecule has 3 heterocycles. The monoisotopic (exact) mass is 331 g/mol. The minimum atomic E-state index is 0.135. The van der Waals surface area contributed by atoms with E-state index < -0.39 is 0 Å². The maximum absolute atomic E-state index is 12.3. The molecular formula is C15H13N3O2S2. The van der Waals surface area contributed by atoms with Gasteiger partial charge in [-0.05, 0) is 12.1 Å². The Kier molecular flexibility index (Phi) is 3.59. The van der Waals surface area contributed by atoms with Gasteiger partial charge < -0.3 is 9.42 Å². The molecule has 3 aromatic rings. The van der Waals surface area contributed by atoms with Gasteiger partial charge in [-0.2, -0.15) is 0 Å². The van der Waals surface area contributed by atoms with Gasteiger partial charge in [0.2, 0.25) is 5.91 Å². The molecule has 0 atom stereocenters. The van der Waals surface area contributed by atoms with Crippen LogP contribution in [0, 0.1) is 0 Å². The maximum Gasteiger partial charge on any atom is 0.233 e. The van der Waals surface area contributed by atoms with E-state index in [-0.39, 0.29) is 5.91 Å². The number of fused-ring (bicyclic) bond motifs is 2. The summed E-state index contributed by atoms with van der Waals surface area (Å²) in [4.78, 5) is 18.8. The van der Waals surface area contributed by atoms with Crippen molar-refractivity contribution >= 4 is 39.2 Å². The molecule has 112 valence electrons. The number of nitrogens with zero attached hydrogens (tertiary/aromatic N) is 3. The zero-order valence-electron chi connectivity index (χ0n) is 11.7. The highest BCUT2D eigenvalue weighted by atomic mass is 32.2. The van der Waals surface area contributed by atoms with E-state index in [1.807, 2.05) is 23.1 Å². The minimum absolute atomic E-state index is 0.135. The molecule has 1 aliphatic heterocycles. The molecule has 0 fully saturated rings. The zero-order chi connectivity index (χ0) is 14.9. The van der Waals surface area contributed by atoms with Gasteiger partial charge in [-0.3, -0.25) is 4.79 Å². The summed E-state index contributed by atoms with van der Waals surface area (Å²) in [5.74, 6) is 1.46. The maximum atomic E-state index is 12.3. The molecule has 1 aliphatic rings. The van der Waals surface area contributed by atoms with Crippen LogP contribution < -0.4 is 0 Å². The van der Waals surface area contributed by atoms with Crippen molar-refractivity contribution in [2.45, 2.75) is 17.3 Å². The van der Waals surface area contributed by atoms with Gasteiger partial charge in [-0.25, -0.2) is 4.98 Å². The predicted octanol–water partition coefficient (Wildman–Crippen LogP) is 2.96. The number of thioether (sulfide) groups is 1. The second-order valence-electron chi connectivity index (χ2n) is 5.08. The van der Waals surface area contributed by atoms with Crippen LogP contribution in [0.15, 0.2) is 39.3 Å². The molecule has 0 saturated carbocycles. The first-order valence-electron chi connectivity index (χ1n) is 6.98. The van der Waals surface area contributed by atoms with E-state index in [0.29, 0.717) is 18.8 Å². The molecule has 0 aliphatic carbocycles. The van der Waals surface area contributed by atoms with Crippen LogP contribution in [0.3, 0.4) is 0 Å². The highest BCUT2D eigenvalue weighted by Gasteiger charge is 2.23. The fourth-order valence-electron chi connectivity index (χ4n) is 2.48. The van der Waals surface area contributed by atoms with Crippen molar-refractivity contribution in [1.29, 1.82) is 0 Å². The van der Waals surface area contributed by atoms with Gasteiger partial charge in [0.1, 0.15) is 5.76 Å². The van der Waals surface area contributed by atoms with Crippen LogP contribution in [-0.2, 0) is 17.8 Å². The third-order valence-electron chi connectivity index (χ3n) is 3.65. The predicted molar refractivity (Wildman–Crippen MR) is 86.0 cm³/mol. The summed E-state index contributed by atoms with van der Waals surface area (Å²) >= 11 is 3.14. The van der Waals surface area contributed by atoms with Gasteiger partial charge in [0, 0.05) is 18.5 Å². The molecule has 0 bridgehead atoms. The Labute approximate surface area is 135 Å². The van der Waals surface area contributed by atoms with Gasteiger partial charge in [0.25, 0.3) is 0 Å². The molecule has 5 nitrogen and oxygen atoms in total. The normalized spacial score (nSPS) is 14.3. The SMILES string of the molecule is O=C(CSc1nc2ccccc2s1)N1CCc2oncc2C1. The van der Waals surface area contributed by atoms with E-state index in [1.54, 1.807) is 17.5 Å².